The minimum atomic E-state index is -4.63. The molecule has 1 heterocycles. The Morgan fingerprint density at radius 2 is 1.63 bits per heavy atom. The molecule has 144 valence electrons. The number of benzene rings is 2. The largest absolute Gasteiger partial charge is 0.522 e. The number of amides is 1. The molecular formula is C20H20F3NO3. The highest BCUT2D eigenvalue weighted by molar-refractivity contribution is 5.94. The molecule has 0 N–H and O–H groups in total. The summed E-state index contributed by atoms with van der Waals surface area (Å²) in [7, 11) is 0. The summed E-state index contributed by atoms with van der Waals surface area (Å²) in [4.78, 5) is 14.1. The number of hydrogen-bond acceptors (Lipinski definition) is 3. The van der Waals surface area contributed by atoms with Gasteiger partial charge in [0.1, 0.15) is 12.4 Å². The van der Waals surface area contributed by atoms with Crippen LogP contribution in [0.5, 0.6) is 5.75 Å². The first kappa shape index (κ1) is 19.2. The summed E-state index contributed by atoms with van der Waals surface area (Å²) in [6.07, 6.45) is -5.16. The Morgan fingerprint density at radius 1 is 1.00 bits per heavy atom. The minimum absolute atomic E-state index is 0.175. The molecule has 0 aromatic heterocycles. The SMILES string of the molecule is O=C(c1ccc(COc2ccccc2)cc1)N1CCC(OC(F)(F)F)CC1. The molecule has 2 aromatic rings. The number of likely N-dealkylation sites (tertiary alicyclic amines) is 1. The molecule has 3 rings (SSSR count). The van der Waals surface area contributed by atoms with Crippen LogP contribution in [0.3, 0.4) is 0 Å². The molecule has 2 aromatic carbocycles. The Labute approximate surface area is 155 Å². The predicted octanol–water partition coefficient (Wildman–Crippen LogP) is 4.41. The molecule has 0 unspecified atom stereocenters. The molecule has 0 bridgehead atoms. The van der Waals surface area contributed by atoms with Gasteiger partial charge in [0.15, 0.2) is 0 Å². The second-order valence-electron chi connectivity index (χ2n) is 6.35. The van der Waals surface area contributed by atoms with E-state index in [1.807, 2.05) is 42.5 Å². The highest BCUT2D eigenvalue weighted by Gasteiger charge is 2.35. The standard InChI is InChI=1S/C20H20F3NO3/c21-20(22,23)27-18-10-12-24(13-11-18)19(25)16-8-6-15(7-9-16)14-26-17-4-2-1-3-5-17/h1-9,18H,10-14H2. The Hall–Kier alpha value is -2.54. The van der Waals surface area contributed by atoms with E-state index >= 15 is 0 Å². The van der Waals surface area contributed by atoms with Crippen molar-refractivity contribution in [2.45, 2.75) is 31.9 Å². The Balaban J connectivity index is 1.50. The number of rotatable bonds is 5. The molecule has 1 fully saturated rings. The zero-order valence-electron chi connectivity index (χ0n) is 14.6. The van der Waals surface area contributed by atoms with Crippen LogP contribution in [0.25, 0.3) is 0 Å². The predicted molar refractivity (Wildman–Crippen MR) is 93.3 cm³/mol. The van der Waals surface area contributed by atoms with Crippen LogP contribution in [0.1, 0.15) is 28.8 Å². The second-order valence-corrected chi connectivity index (χ2v) is 6.35. The maximum Gasteiger partial charge on any atom is 0.522 e. The van der Waals surface area contributed by atoms with Gasteiger partial charge in [0.2, 0.25) is 0 Å². The van der Waals surface area contributed by atoms with Gasteiger partial charge in [-0.3, -0.25) is 9.53 Å². The molecule has 1 aliphatic heterocycles. The van der Waals surface area contributed by atoms with Gasteiger partial charge in [-0.05, 0) is 42.7 Å². The third-order valence-corrected chi connectivity index (χ3v) is 4.38. The molecule has 1 aliphatic rings. The van der Waals surface area contributed by atoms with Crippen molar-refractivity contribution < 1.29 is 27.4 Å². The summed E-state index contributed by atoms with van der Waals surface area (Å²) in [5, 5.41) is 0. The third-order valence-electron chi connectivity index (χ3n) is 4.38. The van der Waals surface area contributed by atoms with Gasteiger partial charge in [0.05, 0.1) is 6.10 Å². The van der Waals surface area contributed by atoms with Crippen molar-refractivity contribution in [1.29, 1.82) is 0 Å². The summed E-state index contributed by atoms with van der Waals surface area (Å²) in [6, 6.07) is 16.5. The topological polar surface area (TPSA) is 38.8 Å². The molecule has 1 saturated heterocycles. The number of carbonyl (C=O) groups excluding carboxylic acids is 1. The van der Waals surface area contributed by atoms with Gasteiger partial charge in [0.25, 0.3) is 5.91 Å². The van der Waals surface area contributed by atoms with E-state index in [-0.39, 0.29) is 31.8 Å². The van der Waals surface area contributed by atoms with Crippen LogP contribution < -0.4 is 4.74 Å². The van der Waals surface area contributed by atoms with E-state index < -0.39 is 12.5 Å². The normalized spacial score (nSPS) is 15.6. The lowest BCUT2D eigenvalue weighted by atomic mass is 10.1. The fourth-order valence-electron chi connectivity index (χ4n) is 2.98. The molecule has 0 aliphatic carbocycles. The summed E-state index contributed by atoms with van der Waals surface area (Å²) < 4.78 is 46.5. The molecule has 27 heavy (non-hydrogen) atoms. The van der Waals surface area contributed by atoms with Crippen LogP contribution >= 0.6 is 0 Å². The lowest BCUT2D eigenvalue weighted by Gasteiger charge is -2.32. The lowest BCUT2D eigenvalue weighted by Crippen LogP contribution is -2.42. The molecule has 7 heteroatoms. The molecule has 0 radical (unpaired) electrons. The minimum Gasteiger partial charge on any atom is -0.489 e. The molecule has 0 atom stereocenters. The van der Waals surface area contributed by atoms with Crippen LogP contribution in [0.15, 0.2) is 54.6 Å². The van der Waals surface area contributed by atoms with E-state index in [0.717, 1.165) is 11.3 Å². The zero-order valence-corrected chi connectivity index (χ0v) is 14.6. The maximum atomic E-state index is 12.5. The van der Waals surface area contributed by atoms with E-state index in [1.165, 1.54) is 0 Å². The lowest BCUT2D eigenvalue weighted by molar-refractivity contribution is -0.345. The van der Waals surface area contributed by atoms with E-state index in [1.54, 1.807) is 17.0 Å². The van der Waals surface area contributed by atoms with Gasteiger partial charge in [-0.1, -0.05) is 30.3 Å². The average molecular weight is 379 g/mol. The summed E-state index contributed by atoms with van der Waals surface area (Å²) in [6.45, 7) is 0.884. The van der Waals surface area contributed by atoms with Crippen LogP contribution in [0, 0.1) is 0 Å². The van der Waals surface area contributed by atoms with E-state index in [2.05, 4.69) is 4.74 Å². The fraction of sp³-hybridized carbons (Fsp3) is 0.350. The highest BCUT2D eigenvalue weighted by Crippen LogP contribution is 2.25. The summed E-state index contributed by atoms with van der Waals surface area (Å²) in [5.41, 5.74) is 1.43. The van der Waals surface area contributed by atoms with Crippen LogP contribution in [0.4, 0.5) is 13.2 Å². The monoisotopic (exact) mass is 379 g/mol. The Kier molecular flexibility index (Phi) is 6.01. The van der Waals surface area contributed by atoms with Gasteiger partial charge in [0, 0.05) is 18.7 Å². The number of piperidine rings is 1. The number of carbonyl (C=O) groups is 1. The van der Waals surface area contributed by atoms with E-state index in [9.17, 15) is 18.0 Å². The smallest absolute Gasteiger partial charge is 0.489 e. The first-order valence-corrected chi connectivity index (χ1v) is 8.71. The molecule has 4 nitrogen and oxygen atoms in total. The molecular weight excluding hydrogens is 359 g/mol. The number of alkyl halides is 3. The van der Waals surface area contributed by atoms with Crippen molar-refractivity contribution in [3.05, 3.63) is 65.7 Å². The zero-order chi connectivity index (χ0) is 19.3. The van der Waals surface area contributed by atoms with Crippen LogP contribution in [-0.2, 0) is 11.3 Å². The average Bonchev–Trinajstić information content (AvgIpc) is 2.66. The van der Waals surface area contributed by atoms with Crippen molar-refractivity contribution in [3.63, 3.8) is 0 Å². The van der Waals surface area contributed by atoms with E-state index in [0.29, 0.717) is 12.2 Å². The summed E-state index contributed by atoms with van der Waals surface area (Å²) >= 11 is 0. The third kappa shape index (κ3) is 5.72. The van der Waals surface area contributed by atoms with Gasteiger partial charge >= 0.3 is 6.36 Å². The first-order valence-electron chi connectivity index (χ1n) is 8.71. The quantitative estimate of drug-likeness (QED) is 0.773. The Bertz CT molecular complexity index is 739. The molecule has 0 saturated carbocycles. The van der Waals surface area contributed by atoms with Gasteiger partial charge < -0.3 is 9.64 Å². The molecule has 1 amide bonds. The van der Waals surface area contributed by atoms with Crippen molar-refractivity contribution in [3.8, 4) is 5.75 Å². The van der Waals surface area contributed by atoms with Crippen molar-refractivity contribution in [2.75, 3.05) is 13.1 Å². The van der Waals surface area contributed by atoms with E-state index in [4.69, 9.17) is 4.74 Å². The van der Waals surface area contributed by atoms with Crippen molar-refractivity contribution in [2.24, 2.45) is 0 Å². The van der Waals surface area contributed by atoms with Gasteiger partial charge in [-0.2, -0.15) is 0 Å². The highest BCUT2D eigenvalue weighted by atomic mass is 19.4. The number of para-hydroxylation sites is 1. The fourth-order valence-corrected chi connectivity index (χ4v) is 2.98. The Morgan fingerprint density at radius 3 is 2.22 bits per heavy atom. The van der Waals surface area contributed by atoms with Gasteiger partial charge in [-0.25, -0.2) is 0 Å². The number of hydrogen-bond donors (Lipinski definition) is 0. The second kappa shape index (κ2) is 8.43. The van der Waals surface area contributed by atoms with Crippen LogP contribution in [-0.4, -0.2) is 36.4 Å². The van der Waals surface area contributed by atoms with Crippen molar-refractivity contribution in [1.82, 2.24) is 4.90 Å². The van der Waals surface area contributed by atoms with Gasteiger partial charge in [-0.15, -0.1) is 13.2 Å². The number of nitrogens with zero attached hydrogens (tertiary/aromatic N) is 1. The van der Waals surface area contributed by atoms with Crippen LogP contribution in [0.2, 0.25) is 0 Å². The molecule has 0 spiro atoms. The van der Waals surface area contributed by atoms with Crippen molar-refractivity contribution >= 4 is 5.91 Å². The first-order chi connectivity index (χ1) is 12.9. The summed E-state index contributed by atoms with van der Waals surface area (Å²) in [5.74, 6) is 0.581. The number of ether oxygens (including phenoxy) is 2. The number of halogens is 3. The maximum absolute atomic E-state index is 12.5.